The molecule has 1 aliphatic carbocycles. The van der Waals surface area contributed by atoms with Crippen LogP contribution < -0.4 is 10.9 Å². The predicted molar refractivity (Wildman–Crippen MR) is 110 cm³/mol. The Balaban J connectivity index is 1.55. The van der Waals surface area contributed by atoms with Gasteiger partial charge in [-0.3, -0.25) is 14.2 Å². The first-order chi connectivity index (χ1) is 13.2. The van der Waals surface area contributed by atoms with Gasteiger partial charge in [-0.05, 0) is 25.0 Å². The molecule has 5 nitrogen and oxygen atoms in total. The van der Waals surface area contributed by atoms with Crippen LogP contribution in [-0.2, 0) is 11.2 Å². The van der Waals surface area contributed by atoms with Crippen molar-refractivity contribution in [1.29, 1.82) is 0 Å². The monoisotopic (exact) mass is 401 g/mol. The molecule has 1 aliphatic heterocycles. The van der Waals surface area contributed by atoms with Gasteiger partial charge >= 0.3 is 0 Å². The number of rotatable bonds is 5. The van der Waals surface area contributed by atoms with Gasteiger partial charge in [-0.25, -0.2) is 4.98 Å². The number of hydrogen-bond donors (Lipinski definition) is 1. The molecule has 1 aromatic carbocycles. The fourth-order valence-corrected chi connectivity index (χ4v) is 5.50. The van der Waals surface area contributed by atoms with Crippen LogP contribution in [0.1, 0.15) is 37.8 Å². The number of thioether (sulfide) groups is 2. The summed E-state index contributed by atoms with van der Waals surface area (Å²) >= 11 is 2.92. The largest absolute Gasteiger partial charge is 0.353 e. The van der Waals surface area contributed by atoms with Crippen molar-refractivity contribution in [3.63, 3.8) is 0 Å². The van der Waals surface area contributed by atoms with Crippen molar-refractivity contribution in [1.82, 2.24) is 14.9 Å². The average molecular weight is 402 g/mol. The highest BCUT2D eigenvalue weighted by atomic mass is 32.2. The van der Waals surface area contributed by atoms with Crippen molar-refractivity contribution >= 4 is 29.4 Å². The fourth-order valence-electron chi connectivity index (χ4n) is 3.64. The standard InChI is InChI=1S/C20H23N3O2S2/c24-17(21-14-7-3-1-4-8-14)13-27-20-22-16-11-12-26-18(16)19(25)23(20)15-9-5-2-6-10-15/h2,5-6,9-10,14H,1,3-4,7-8,11-13H2,(H,21,24). The second-order valence-electron chi connectivity index (χ2n) is 6.94. The quantitative estimate of drug-likeness (QED) is 0.614. The minimum Gasteiger partial charge on any atom is -0.353 e. The highest BCUT2D eigenvalue weighted by molar-refractivity contribution is 8.00. The van der Waals surface area contributed by atoms with Gasteiger partial charge in [0.1, 0.15) is 0 Å². The molecule has 1 amide bonds. The van der Waals surface area contributed by atoms with E-state index in [9.17, 15) is 9.59 Å². The van der Waals surface area contributed by atoms with E-state index in [1.54, 1.807) is 16.3 Å². The molecule has 0 saturated heterocycles. The molecule has 7 heteroatoms. The van der Waals surface area contributed by atoms with Crippen molar-refractivity contribution in [3.8, 4) is 5.69 Å². The van der Waals surface area contributed by atoms with Gasteiger partial charge in [-0.2, -0.15) is 0 Å². The van der Waals surface area contributed by atoms with E-state index in [1.165, 1.54) is 31.0 Å². The lowest BCUT2D eigenvalue weighted by molar-refractivity contribution is -0.119. The minimum absolute atomic E-state index is 0.0237. The zero-order chi connectivity index (χ0) is 18.6. The van der Waals surface area contributed by atoms with Gasteiger partial charge < -0.3 is 5.32 Å². The fraction of sp³-hybridized carbons (Fsp3) is 0.450. The van der Waals surface area contributed by atoms with E-state index in [-0.39, 0.29) is 17.2 Å². The first-order valence-electron chi connectivity index (χ1n) is 9.48. The summed E-state index contributed by atoms with van der Waals surface area (Å²) in [5, 5.41) is 3.74. The Kier molecular flexibility index (Phi) is 5.88. The first kappa shape index (κ1) is 18.6. The van der Waals surface area contributed by atoms with Gasteiger partial charge in [-0.15, -0.1) is 11.8 Å². The summed E-state index contributed by atoms with van der Waals surface area (Å²) in [5.74, 6) is 1.19. The number of aromatic nitrogens is 2. The summed E-state index contributed by atoms with van der Waals surface area (Å²) in [6.45, 7) is 0. The summed E-state index contributed by atoms with van der Waals surface area (Å²) in [5.41, 5.74) is 1.64. The molecule has 0 bridgehead atoms. The molecule has 2 heterocycles. The number of para-hydroxylation sites is 1. The molecule has 142 valence electrons. The van der Waals surface area contributed by atoms with Crippen LogP contribution in [-0.4, -0.2) is 33.0 Å². The molecule has 2 aliphatic rings. The van der Waals surface area contributed by atoms with E-state index in [0.717, 1.165) is 41.3 Å². The maximum Gasteiger partial charge on any atom is 0.272 e. The third-order valence-corrected chi connectivity index (χ3v) is 7.03. The van der Waals surface area contributed by atoms with Crippen molar-refractivity contribution in [2.45, 2.75) is 54.6 Å². The molecule has 4 rings (SSSR count). The van der Waals surface area contributed by atoms with Crippen LogP contribution in [0.15, 0.2) is 45.2 Å². The smallest absolute Gasteiger partial charge is 0.272 e. The summed E-state index contributed by atoms with van der Waals surface area (Å²) in [4.78, 5) is 30.9. The lowest BCUT2D eigenvalue weighted by atomic mass is 9.95. The van der Waals surface area contributed by atoms with Crippen LogP contribution in [0.25, 0.3) is 5.69 Å². The topological polar surface area (TPSA) is 64.0 Å². The third kappa shape index (κ3) is 4.24. The second-order valence-corrected chi connectivity index (χ2v) is 8.98. The first-order valence-corrected chi connectivity index (χ1v) is 11.5. The van der Waals surface area contributed by atoms with Crippen LogP contribution in [0.2, 0.25) is 0 Å². The molecule has 0 radical (unpaired) electrons. The van der Waals surface area contributed by atoms with Crippen LogP contribution in [0.5, 0.6) is 0 Å². The average Bonchev–Trinajstić information content (AvgIpc) is 3.17. The number of carbonyl (C=O) groups is 1. The molecule has 1 aromatic heterocycles. The van der Waals surface area contributed by atoms with Gasteiger partial charge in [0.25, 0.3) is 5.56 Å². The molecule has 2 aromatic rings. The predicted octanol–water partition coefficient (Wildman–Crippen LogP) is 3.42. The zero-order valence-electron chi connectivity index (χ0n) is 15.1. The number of carbonyl (C=O) groups excluding carboxylic acids is 1. The van der Waals surface area contributed by atoms with Crippen molar-refractivity contribution in [2.24, 2.45) is 0 Å². The third-order valence-electron chi connectivity index (χ3n) is 4.98. The number of fused-ring (bicyclic) bond motifs is 1. The number of aryl methyl sites for hydroxylation is 1. The Morgan fingerprint density at radius 2 is 2.00 bits per heavy atom. The molecule has 27 heavy (non-hydrogen) atoms. The van der Waals surface area contributed by atoms with Gasteiger partial charge in [0.2, 0.25) is 5.91 Å². The Bertz CT molecular complexity index is 877. The number of hydrogen-bond acceptors (Lipinski definition) is 5. The van der Waals surface area contributed by atoms with E-state index >= 15 is 0 Å². The zero-order valence-corrected chi connectivity index (χ0v) is 16.8. The minimum atomic E-state index is -0.0242. The molecular weight excluding hydrogens is 378 g/mol. The molecule has 0 unspecified atom stereocenters. The molecule has 1 saturated carbocycles. The molecule has 0 atom stereocenters. The Hall–Kier alpha value is -1.73. The van der Waals surface area contributed by atoms with Crippen molar-refractivity contribution in [3.05, 3.63) is 46.4 Å². The summed E-state index contributed by atoms with van der Waals surface area (Å²) < 4.78 is 1.65. The van der Waals surface area contributed by atoms with Gasteiger partial charge in [-0.1, -0.05) is 49.2 Å². The van der Waals surface area contributed by atoms with Crippen LogP contribution in [0.3, 0.4) is 0 Å². The van der Waals surface area contributed by atoms with E-state index in [4.69, 9.17) is 4.98 Å². The van der Waals surface area contributed by atoms with Crippen LogP contribution in [0, 0.1) is 0 Å². The molecule has 0 spiro atoms. The summed E-state index contributed by atoms with van der Waals surface area (Å²) in [6, 6.07) is 9.85. The number of nitrogens with one attached hydrogen (secondary N) is 1. The second kappa shape index (κ2) is 8.52. The van der Waals surface area contributed by atoms with Crippen molar-refractivity contribution < 1.29 is 4.79 Å². The SMILES string of the molecule is O=C(CSc1nc2c(c(=O)n1-c1ccccc1)SCC2)NC1CCCCC1. The maximum atomic E-state index is 13.0. The van der Waals surface area contributed by atoms with Gasteiger partial charge in [0.15, 0.2) is 5.16 Å². The van der Waals surface area contributed by atoms with E-state index < -0.39 is 0 Å². The van der Waals surface area contributed by atoms with E-state index in [2.05, 4.69) is 5.32 Å². The Morgan fingerprint density at radius 1 is 1.22 bits per heavy atom. The van der Waals surface area contributed by atoms with Crippen LogP contribution in [0.4, 0.5) is 0 Å². The molecular formula is C20H23N3O2S2. The number of benzene rings is 1. The maximum absolute atomic E-state index is 13.0. The van der Waals surface area contributed by atoms with Crippen LogP contribution >= 0.6 is 23.5 Å². The molecule has 1 fully saturated rings. The van der Waals surface area contributed by atoms with E-state index in [0.29, 0.717) is 11.2 Å². The highest BCUT2D eigenvalue weighted by Gasteiger charge is 2.23. The number of amides is 1. The summed E-state index contributed by atoms with van der Waals surface area (Å²) in [7, 11) is 0. The summed E-state index contributed by atoms with van der Waals surface area (Å²) in [6.07, 6.45) is 6.60. The van der Waals surface area contributed by atoms with Crippen molar-refractivity contribution in [2.75, 3.05) is 11.5 Å². The lowest BCUT2D eigenvalue weighted by Crippen LogP contribution is -2.37. The van der Waals surface area contributed by atoms with Gasteiger partial charge in [0, 0.05) is 18.2 Å². The number of nitrogens with zero attached hydrogens (tertiary/aromatic N) is 2. The molecule has 1 N–H and O–H groups in total. The normalized spacial score (nSPS) is 16.9. The Morgan fingerprint density at radius 3 is 2.78 bits per heavy atom. The van der Waals surface area contributed by atoms with E-state index in [1.807, 2.05) is 30.3 Å². The van der Waals surface area contributed by atoms with Gasteiger partial charge in [0.05, 0.1) is 22.0 Å². The lowest BCUT2D eigenvalue weighted by Gasteiger charge is -2.22. The highest BCUT2D eigenvalue weighted by Crippen LogP contribution is 2.30. The Labute approximate surface area is 167 Å².